The van der Waals surface area contributed by atoms with Crippen molar-refractivity contribution in [2.75, 3.05) is 13.2 Å². The lowest BCUT2D eigenvalue weighted by Crippen LogP contribution is -2.52. The summed E-state index contributed by atoms with van der Waals surface area (Å²) in [6.07, 6.45) is -1.95. The van der Waals surface area contributed by atoms with Crippen molar-refractivity contribution >= 4 is 23.6 Å². The van der Waals surface area contributed by atoms with Gasteiger partial charge in [-0.05, 0) is 59.1 Å². The van der Waals surface area contributed by atoms with Crippen LogP contribution in [-0.2, 0) is 22.3 Å². The number of carbonyl (C=O) groups is 1. The number of halogens is 4. The summed E-state index contributed by atoms with van der Waals surface area (Å²) in [5.74, 6) is -1.17. The fraction of sp³-hybridized carbons (Fsp3) is 0.222. The molecule has 1 amide bonds. The predicted octanol–water partition coefficient (Wildman–Crippen LogP) is 7.73. The maximum Gasteiger partial charge on any atom is 0.416 e. The molecule has 3 N–H and O–H groups in total. The first-order valence-electron chi connectivity index (χ1n) is 15.5. The number of alkyl halides is 3. The molecular formula is C36H32F4N6O4. The molecule has 5 rings (SSSR count). The van der Waals surface area contributed by atoms with Gasteiger partial charge in [0.15, 0.2) is 11.6 Å². The number of nitrogens with zero attached hydrogens (tertiary/aromatic N) is 4. The third-order valence-electron chi connectivity index (χ3n) is 7.72. The Kier molecular flexibility index (Phi) is 11.5. The molecule has 10 nitrogen and oxygen atoms in total. The minimum atomic E-state index is -4.77. The van der Waals surface area contributed by atoms with E-state index in [1.54, 1.807) is 60.7 Å². The standard InChI is InChI=1S/C36H32F4N6O4/c37-28-21-25(20-27(22-28)36(38,39)40)23-42-45-34(48)35(17-6-10-24-8-2-1-3-9-24)32(30-11-4-5-12-31(30)44-46-41)50-33(43-35)26-13-15-29(16-14-26)49-19-7-18-47/h1-6,8-16,20-22,32,42,47H,7,17-19,23H2,(H,45,48)/b10-6+/t32-,35-/m0/s1. The van der Waals surface area contributed by atoms with Crippen LogP contribution in [0.3, 0.4) is 0 Å². The average Bonchev–Trinajstić information content (AvgIpc) is 3.49. The summed E-state index contributed by atoms with van der Waals surface area (Å²) in [6.45, 7) is -0.0591. The van der Waals surface area contributed by atoms with E-state index in [0.717, 1.165) is 17.7 Å². The monoisotopic (exact) mass is 688 g/mol. The second-order valence-electron chi connectivity index (χ2n) is 11.2. The second kappa shape index (κ2) is 16.1. The van der Waals surface area contributed by atoms with Crippen LogP contribution in [0.25, 0.3) is 16.5 Å². The maximum atomic E-state index is 14.3. The van der Waals surface area contributed by atoms with Gasteiger partial charge in [0.25, 0.3) is 5.91 Å². The number of hydrogen-bond acceptors (Lipinski definition) is 7. The number of nitrogens with one attached hydrogen (secondary N) is 2. The van der Waals surface area contributed by atoms with Gasteiger partial charge in [-0.3, -0.25) is 10.2 Å². The van der Waals surface area contributed by atoms with Crippen LogP contribution in [0, 0.1) is 5.82 Å². The highest BCUT2D eigenvalue weighted by Gasteiger charge is 2.53. The number of benzene rings is 4. The Morgan fingerprint density at radius 2 is 1.80 bits per heavy atom. The fourth-order valence-corrected chi connectivity index (χ4v) is 5.33. The van der Waals surface area contributed by atoms with Crippen LogP contribution in [0.15, 0.2) is 113 Å². The van der Waals surface area contributed by atoms with E-state index < -0.39 is 35.1 Å². The van der Waals surface area contributed by atoms with Crippen LogP contribution < -0.4 is 15.6 Å². The van der Waals surface area contributed by atoms with Gasteiger partial charge in [0.1, 0.15) is 11.6 Å². The number of aliphatic hydroxyl groups excluding tert-OH is 1. The molecule has 14 heteroatoms. The quantitative estimate of drug-likeness (QED) is 0.0311. The molecule has 0 aromatic heterocycles. The number of rotatable bonds is 14. The third-order valence-corrected chi connectivity index (χ3v) is 7.72. The molecule has 0 fully saturated rings. The number of aliphatic imine (C=N–C) groups is 1. The third kappa shape index (κ3) is 8.66. The Labute approximate surface area is 284 Å². The minimum Gasteiger partial charge on any atom is -0.494 e. The van der Waals surface area contributed by atoms with Crippen LogP contribution in [0.4, 0.5) is 23.2 Å². The van der Waals surface area contributed by atoms with Crippen molar-refractivity contribution in [2.24, 2.45) is 10.1 Å². The molecule has 0 saturated heterocycles. The summed E-state index contributed by atoms with van der Waals surface area (Å²) in [6, 6.07) is 24.7. The molecule has 2 atom stereocenters. The predicted molar refractivity (Wildman–Crippen MR) is 178 cm³/mol. The number of aliphatic hydroxyl groups is 1. The molecule has 1 aliphatic rings. The first-order valence-corrected chi connectivity index (χ1v) is 15.5. The lowest BCUT2D eigenvalue weighted by molar-refractivity contribution is -0.138. The first kappa shape index (κ1) is 35.6. The van der Waals surface area contributed by atoms with E-state index in [0.29, 0.717) is 36.0 Å². The topological polar surface area (TPSA) is 141 Å². The lowest BCUT2D eigenvalue weighted by atomic mass is 9.83. The number of hydrazine groups is 1. The van der Waals surface area contributed by atoms with Gasteiger partial charge in [0.2, 0.25) is 5.90 Å². The van der Waals surface area contributed by atoms with Crippen molar-refractivity contribution in [3.63, 3.8) is 0 Å². The van der Waals surface area contributed by atoms with Crippen molar-refractivity contribution in [1.82, 2.24) is 10.9 Å². The molecule has 0 aliphatic carbocycles. The van der Waals surface area contributed by atoms with Crippen molar-refractivity contribution < 1.29 is 36.9 Å². The lowest BCUT2D eigenvalue weighted by Gasteiger charge is -2.30. The van der Waals surface area contributed by atoms with Crippen molar-refractivity contribution in [2.45, 2.75) is 37.2 Å². The number of hydrogen-bond donors (Lipinski definition) is 3. The summed E-state index contributed by atoms with van der Waals surface area (Å²) in [5.41, 5.74) is 13.4. The van der Waals surface area contributed by atoms with E-state index in [1.165, 1.54) is 0 Å². The molecular weight excluding hydrogens is 656 g/mol. The van der Waals surface area contributed by atoms with Crippen molar-refractivity contribution in [1.29, 1.82) is 0 Å². The molecule has 0 saturated carbocycles. The Hall–Kier alpha value is -5.69. The Morgan fingerprint density at radius 1 is 1.06 bits per heavy atom. The van der Waals surface area contributed by atoms with Gasteiger partial charge in [0.05, 0.1) is 12.2 Å². The highest BCUT2D eigenvalue weighted by Crippen LogP contribution is 2.45. The molecule has 50 heavy (non-hydrogen) atoms. The van der Waals surface area contributed by atoms with Gasteiger partial charge in [-0.15, -0.1) is 0 Å². The highest BCUT2D eigenvalue weighted by molar-refractivity contribution is 6.01. The van der Waals surface area contributed by atoms with Crippen LogP contribution in [0.5, 0.6) is 5.75 Å². The second-order valence-corrected chi connectivity index (χ2v) is 11.2. The van der Waals surface area contributed by atoms with E-state index in [9.17, 15) is 27.9 Å². The van der Waals surface area contributed by atoms with Gasteiger partial charge in [-0.1, -0.05) is 71.9 Å². The molecule has 258 valence electrons. The molecule has 4 aromatic carbocycles. The minimum absolute atomic E-state index is 0.0179. The van der Waals surface area contributed by atoms with Gasteiger partial charge in [-0.25, -0.2) is 14.8 Å². The van der Waals surface area contributed by atoms with Crippen molar-refractivity contribution in [3.05, 3.63) is 147 Å². The normalized spacial score (nSPS) is 17.1. The van der Waals surface area contributed by atoms with Crippen LogP contribution in [0.2, 0.25) is 0 Å². The number of ether oxygens (including phenoxy) is 2. The molecule has 4 aromatic rings. The zero-order chi connectivity index (χ0) is 35.6. The summed E-state index contributed by atoms with van der Waals surface area (Å²) in [7, 11) is 0. The molecule has 0 spiro atoms. The highest BCUT2D eigenvalue weighted by atomic mass is 19.4. The molecule has 0 bridgehead atoms. The number of azide groups is 1. The van der Waals surface area contributed by atoms with Crippen LogP contribution >= 0.6 is 0 Å². The SMILES string of the molecule is [N-]=[N+]=Nc1ccccc1[C@@H]1OC(c2ccc(OCCCO)cc2)=N[C@]1(C/C=C/c1ccccc1)C(=O)NNCc1cc(F)cc(C(F)(F)F)c1. The largest absolute Gasteiger partial charge is 0.494 e. The Bertz CT molecular complexity index is 1900. The van der Waals surface area contributed by atoms with Gasteiger partial charge < -0.3 is 14.6 Å². The van der Waals surface area contributed by atoms with E-state index in [1.807, 2.05) is 30.3 Å². The molecule has 1 heterocycles. The summed E-state index contributed by atoms with van der Waals surface area (Å²) in [4.78, 5) is 22.1. The zero-order valence-electron chi connectivity index (χ0n) is 26.5. The maximum absolute atomic E-state index is 14.3. The average molecular weight is 689 g/mol. The molecule has 0 radical (unpaired) electrons. The summed E-state index contributed by atoms with van der Waals surface area (Å²) < 4.78 is 66.1. The summed E-state index contributed by atoms with van der Waals surface area (Å²) in [5, 5.41) is 12.9. The van der Waals surface area contributed by atoms with Gasteiger partial charge in [-0.2, -0.15) is 13.2 Å². The van der Waals surface area contributed by atoms with E-state index >= 15 is 0 Å². The smallest absolute Gasteiger partial charge is 0.416 e. The number of carbonyl (C=O) groups excluding carboxylic acids is 1. The van der Waals surface area contributed by atoms with Gasteiger partial charge >= 0.3 is 6.18 Å². The molecule has 1 aliphatic heterocycles. The number of amides is 1. The molecule has 0 unspecified atom stereocenters. The Morgan fingerprint density at radius 3 is 2.52 bits per heavy atom. The fourth-order valence-electron chi connectivity index (χ4n) is 5.33. The zero-order valence-corrected chi connectivity index (χ0v) is 26.5. The van der Waals surface area contributed by atoms with E-state index in [4.69, 9.17) is 19.6 Å². The van der Waals surface area contributed by atoms with Gasteiger partial charge in [0, 0.05) is 47.7 Å². The van der Waals surface area contributed by atoms with E-state index in [2.05, 4.69) is 20.9 Å². The Balaban J connectivity index is 1.53. The van der Waals surface area contributed by atoms with Crippen LogP contribution in [-0.4, -0.2) is 35.7 Å². The van der Waals surface area contributed by atoms with Crippen LogP contribution in [0.1, 0.15) is 46.8 Å². The van der Waals surface area contributed by atoms with E-state index in [-0.39, 0.29) is 36.7 Å². The van der Waals surface area contributed by atoms with Crippen molar-refractivity contribution in [3.8, 4) is 5.75 Å². The summed E-state index contributed by atoms with van der Waals surface area (Å²) >= 11 is 0. The first-order chi connectivity index (χ1) is 24.1.